The summed E-state index contributed by atoms with van der Waals surface area (Å²) in [7, 11) is 0. The molecule has 0 unspecified atom stereocenters. The maximum atomic E-state index is 6.04. The molecule has 4 heteroatoms. The van der Waals surface area contributed by atoms with Crippen LogP contribution in [0.15, 0.2) is 42.6 Å². The van der Waals surface area contributed by atoms with E-state index < -0.39 is 0 Å². The fraction of sp³-hybridized carbons (Fsp3) is 0.294. The largest absolute Gasteiger partial charge is 0.280 e. The van der Waals surface area contributed by atoms with Crippen molar-refractivity contribution in [3.8, 4) is 5.69 Å². The van der Waals surface area contributed by atoms with Gasteiger partial charge < -0.3 is 0 Å². The highest BCUT2D eigenvalue weighted by atomic mass is 35.5. The van der Waals surface area contributed by atoms with Crippen molar-refractivity contribution in [3.05, 3.63) is 54.0 Å². The highest BCUT2D eigenvalue weighted by Crippen LogP contribution is 2.21. The third-order valence-electron chi connectivity index (χ3n) is 3.62. The summed E-state index contributed by atoms with van der Waals surface area (Å²) in [6.45, 7) is 2.21. The predicted octanol–water partition coefficient (Wildman–Crippen LogP) is 4.50. The number of halogens is 1. The van der Waals surface area contributed by atoms with Crippen molar-refractivity contribution >= 4 is 22.8 Å². The number of fused-ring (bicyclic) bond motifs is 1. The molecule has 2 heterocycles. The van der Waals surface area contributed by atoms with Gasteiger partial charge in [0.2, 0.25) is 0 Å². The molecule has 0 fully saturated rings. The van der Waals surface area contributed by atoms with Gasteiger partial charge in [-0.2, -0.15) is 0 Å². The molecule has 0 saturated carbocycles. The number of alkyl halides is 1. The molecule has 0 spiro atoms. The van der Waals surface area contributed by atoms with Crippen molar-refractivity contribution in [1.29, 1.82) is 0 Å². The normalized spacial score (nSPS) is 11.1. The van der Waals surface area contributed by atoms with Crippen molar-refractivity contribution in [3.63, 3.8) is 0 Å². The maximum absolute atomic E-state index is 6.04. The fourth-order valence-corrected chi connectivity index (χ4v) is 2.69. The molecule has 0 N–H and O–H groups in total. The summed E-state index contributed by atoms with van der Waals surface area (Å²) >= 11 is 6.04. The first kappa shape index (κ1) is 14.1. The van der Waals surface area contributed by atoms with Crippen LogP contribution in [0, 0.1) is 0 Å². The van der Waals surface area contributed by atoms with E-state index in [1.165, 1.54) is 18.4 Å². The lowest BCUT2D eigenvalue weighted by molar-refractivity contribution is 0.794. The van der Waals surface area contributed by atoms with Gasteiger partial charge in [-0.25, -0.2) is 9.97 Å². The van der Waals surface area contributed by atoms with Crippen LogP contribution in [-0.2, 0) is 12.3 Å². The monoisotopic (exact) mass is 299 g/mol. The second kappa shape index (κ2) is 6.27. The molecule has 0 aliphatic carbocycles. The number of nitrogens with zero attached hydrogens (tertiary/aromatic N) is 3. The summed E-state index contributed by atoms with van der Waals surface area (Å²) in [6.07, 6.45) is 5.35. The van der Waals surface area contributed by atoms with E-state index in [0.717, 1.165) is 29.1 Å². The van der Waals surface area contributed by atoms with E-state index >= 15 is 0 Å². The van der Waals surface area contributed by atoms with Crippen molar-refractivity contribution in [2.24, 2.45) is 0 Å². The molecule has 0 radical (unpaired) electrons. The van der Waals surface area contributed by atoms with Crippen molar-refractivity contribution in [1.82, 2.24) is 14.5 Å². The Balaban J connectivity index is 2.03. The minimum Gasteiger partial charge on any atom is -0.280 e. The van der Waals surface area contributed by atoms with Gasteiger partial charge in [-0.1, -0.05) is 25.5 Å². The Kier molecular flexibility index (Phi) is 4.20. The Bertz CT molecular complexity index is 731. The first-order valence-corrected chi connectivity index (χ1v) is 7.84. The van der Waals surface area contributed by atoms with Crippen molar-refractivity contribution in [2.45, 2.75) is 32.1 Å². The van der Waals surface area contributed by atoms with Gasteiger partial charge in [0, 0.05) is 11.9 Å². The molecule has 0 bridgehead atoms. The molecule has 3 nitrogen and oxygen atoms in total. The molecule has 2 aromatic heterocycles. The molecule has 3 rings (SSSR count). The summed E-state index contributed by atoms with van der Waals surface area (Å²) in [5, 5.41) is 0. The van der Waals surface area contributed by atoms with E-state index in [9.17, 15) is 0 Å². The summed E-state index contributed by atoms with van der Waals surface area (Å²) in [6, 6.07) is 12.5. The Labute approximate surface area is 129 Å². The molecule has 108 valence electrons. The van der Waals surface area contributed by atoms with Gasteiger partial charge in [0.25, 0.3) is 0 Å². The molecule has 0 atom stereocenters. The maximum Gasteiger partial charge on any atom is 0.164 e. The number of rotatable bonds is 5. The van der Waals surface area contributed by atoms with E-state index in [2.05, 4.69) is 41.2 Å². The molecule has 3 aromatic rings. The van der Waals surface area contributed by atoms with Gasteiger partial charge in [-0.05, 0) is 42.7 Å². The zero-order valence-electron chi connectivity index (χ0n) is 12.1. The zero-order valence-corrected chi connectivity index (χ0v) is 12.8. The second-order valence-corrected chi connectivity index (χ2v) is 5.38. The van der Waals surface area contributed by atoms with Gasteiger partial charge in [-0.15, -0.1) is 11.6 Å². The molecule has 21 heavy (non-hydrogen) atoms. The van der Waals surface area contributed by atoms with Gasteiger partial charge in [0.15, 0.2) is 5.65 Å². The van der Waals surface area contributed by atoms with Gasteiger partial charge >= 0.3 is 0 Å². The van der Waals surface area contributed by atoms with Crippen LogP contribution >= 0.6 is 11.6 Å². The Morgan fingerprint density at radius 1 is 1.14 bits per heavy atom. The van der Waals surface area contributed by atoms with Gasteiger partial charge in [0.1, 0.15) is 11.3 Å². The van der Waals surface area contributed by atoms with Gasteiger partial charge in [0.05, 0.1) is 5.88 Å². The number of pyridine rings is 1. The minimum absolute atomic E-state index is 0.369. The van der Waals surface area contributed by atoms with Gasteiger partial charge in [-0.3, -0.25) is 4.57 Å². The van der Waals surface area contributed by atoms with Crippen LogP contribution < -0.4 is 0 Å². The Morgan fingerprint density at radius 2 is 1.95 bits per heavy atom. The minimum atomic E-state index is 0.369. The number of imidazole rings is 1. The molecular formula is C17H18ClN3. The van der Waals surface area contributed by atoms with Crippen molar-refractivity contribution < 1.29 is 0 Å². The predicted molar refractivity (Wildman–Crippen MR) is 87.0 cm³/mol. The average Bonchev–Trinajstić information content (AvgIpc) is 2.92. The van der Waals surface area contributed by atoms with E-state index in [1.807, 2.05) is 16.7 Å². The Hall–Kier alpha value is -1.87. The van der Waals surface area contributed by atoms with Crippen LogP contribution in [0.4, 0.5) is 0 Å². The molecule has 0 aliphatic heterocycles. The highest BCUT2D eigenvalue weighted by Gasteiger charge is 2.12. The summed E-state index contributed by atoms with van der Waals surface area (Å²) in [5.41, 5.74) is 4.16. The third-order valence-corrected chi connectivity index (χ3v) is 3.86. The summed E-state index contributed by atoms with van der Waals surface area (Å²) in [5.74, 6) is 1.19. The molecular weight excluding hydrogens is 282 g/mol. The molecule has 0 saturated heterocycles. The highest BCUT2D eigenvalue weighted by molar-refractivity contribution is 6.16. The van der Waals surface area contributed by atoms with Crippen LogP contribution in [0.2, 0.25) is 0 Å². The number of unbranched alkanes of at least 4 members (excludes halogenated alkanes) is 1. The standard InChI is InChI=1S/C17H18ClN3/c1-2-3-5-13-7-9-14(10-8-13)21-16(12-18)20-15-6-4-11-19-17(15)21/h4,6-11H,2-3,5,12H2,1H3. The number of hydrogen-bond donors (Lipinski definition) is 0. The number of benzene rings is 1. The SMILES string of the molecule is CCCCc1ccc(-n2c(CCl)nc3cccnc32)cc1. The lowest BCUT2D eigenvalue weighted by Crippen LogP contribution is -2.00. The first-order chi connectivity index (χ1) is 10.3. The zero-order chi connectivity index (χ0) is 14.7. The quantitative estimate of drug-likeness (QED) is 0.649. The van der Waals surface area contributed by atoms with E-state index in [-0.39, 0.29) is 0 Å². The molecule has 0 amide bonds. The van der Waals surface area contributed by atoms with E-state index in [4.69, 9.17) is 11.6 Å². The van der Waals surface area contributed by atoms with Crippen molar-refractivity contribution in [2.75, 3.05) is 0 Å². The van der Waals surface area contributed by atoms with Crippen LogP contribution in [0.3, 0.4) is 0 Å². The number of aryl methyl sites for hydroxylation is 1. The summed E-state index contributed by atoms with van der Waals surface area (Å²) < 4.78 is 2.03. The first-order valence-electron chi connectivity index (χ1n) is 7.31. The summed E-state index contributed by atoms with van der Waals surface area (Å²) in [4.78, 5) is 8.99. The van der Waals surface area contributed by atoms with Crippen LogP contribution in [-0.4, -0.2) is 14.5 Å². The van der Waals surface area contributed by atoms with Crippen LogP contribution in [0.25, 0.3) is 16.9 Å². The number of aromatic nitrogens is 3. The Morgan fingerprint density at radius 3 is 2.67 bits per heavy atom. The lowest BCUT2D eigenvalue weighted by Gasteiger charge is -2.08. The van der Waals surface area contributed by atoms with Crippen LogP contribution in [0.1, 0.15) is 31.2 Å². The fourth-order valence-electron chi connectivity index (χ4n) is 2.51. The topological polar surface area (TPSA) is 30.7 Å². The number of hydrogen-bond acceptors (Lipinski definition) is 2. The van der Waals surface area contributed by atoms with E-state index in [1.54, 1.807) is 6.20 Å². The lowest BCUT2D eigenvalue weighted by atomic mass is 10.1. The average molecular weight is 300 g/mol. The molecule has 0 aliphatic rings. The van der Waals surface area contributed by atoms with E-state index in [0.29, 0.717) is 5.88 Å². The third kappa shape index (κ3) is 2.79. The molecule has 1 aromatic carbocycles. The smallest absolute Gasteiger partial charge is 0.164 e. The second-order valence-electron chi connectivity index (χ2n) is 5.11. The van der Waals surface area contributed by atoms with Crippen LogP contribution in [0.5, 0.6) is 0 Å².